The maximum absolute atomic E-state index is 5.49. The van der Waals surface area contributed by atoms with Gasteiger partial charge < -0.3 is 16.0 Å². The van der Waals surface area contributed by atoms with E-state index < -0.39 is 0 Å². The third-order valence-electron chi connectivity index (χ3n) is 3.07. The van der Waals surface area contributed by atoms with Gasteiger partial charge in [-0.15, -0.1) is 0 Å². The fraction of sp³-hybridized carbons (Fsp3) is 1.00. The van der Waals surface area contributed by atoms with Crippen LogP contribution in [0.25, 0.3) is 0 Å². The molecule has 0 aromatic carbocycles. The first kappa shape index (κ1) is 12.0. The van der Waals surface area contributed by atoms with Crippen LogP contribution in [0, 0.1) is 0 Å². The summed E-state index contributed by atoms with van der Waals surface area (Å²) in [6.45, 7) is 8.79. The highest BCUT2D eigenvalue weighted by Crippen LogP contribution is 2.12. The maximum atomic E-state index is 5.49. The van der Waals surface area contributed by atoms with Crippen LogP contribution in [-0.4, -0.2) is 43.2 Å². The van der Waals surface area contributed by atoms with Gasteiger partial charge in [0, 0.05) is 25.2 Å². The molecule has 0 saturated carbocycles. The first-order valence-corrected chi connectivity index (χ1v) is 5.91. The first-order chi connectivity index (χ1) is 6.74. The Bertz CT molecular complexity index is 147. The highest BCUT2D eigenvalue weighted by molar-refractivity contribution is 4.76. The zero-order chi connectivity index (χ0) is 10.4. The molecule has 1 heterocycles. The van der Waals surface area contributed by atoms with E-state index in [9.17, 15) is 0 Å². The molecule has 3 nitrogen and oxygen atoms in total. The Hall–Kier alpha value is -0.120. The smallest absolute Gasteiger partial charge is 0.00802 e. The Balaban J connectivity index is 2.26. The molecule has 0 aliphatic carbocycles. The summed E-state index contributed by atoms with van der Waals surface area (Å²) >= 11 is 0. The van der Waals surface area contributed by atoms with Gasteiger partial charge in [0.25, 0.3) is 0 Å². The molecule has 0 spiro atoms. The molecule has 0 bridgehead atoms. The minimum Gasteiger partial charge on any atom is -0.329 e. The molecule has 3 N–H and O–H groups in total. The highest BCUT2D eigenvalue weighted by Gasteiger charge is 2.17. The number of nitrogens with two attached hydrogens (primary N) is 1. The van der Waals surface area contributed by atoms with E-state index in [4.69, 9.17) is 5.73 Å². The Morgan fingerprint density at radius 1 is 1.36 bits per heavy atom. The van der Waals surface area contributed by atoms with Crippen LogP contribution in [-0.2, 0) is 0 Å². The second-order valence-corrected chi connectivity index (χ2v) is 4.50. The van der Waals surface area contributed by atoms with Crippen LogP contribution in [0.5, 0.6) is 0 Å². The number of nitrogens with one attached hydrogen (secondary N) is 1. The van der Waals surface area contributed by atoms with Crippen LogP contribution in [0.4, 0.5) is 0 Å². The molecule has 0 radical (unpaired) electrons. The fourth-order valence-electron chi connectivity index (χ4n) is 2.13. The first-order valence-electron chi connectivity index (χ1n) is 5.91. The van der Waals surface area contributed by atoms with Crippen molar-refractivity contribution in [2.75, 3.05) is 26.2 Å². The van der Waals surface area contributed by atoms with Crippen LogP contribution in [0.3, 0.4) is 0 Å². The van der Waals surface area contributed by atoms with E-state index in [1.165, 1.54) is 32.4 Å². The molecular weight excluding hydrogens is 174 g/mol. The second kappa shape index (κ2) is 6.38. The SMILES string of the molecule is CC(C)N1CCCC(NCCN)CC1. The van der Waals surface area contributed by atoms with E-state index in [-0.39, 0.29) is 0 Å². The fourth-order valence-corrected chi connectivity index (χ4v) is 2.13. The topological polar surface area (TPSA) is 41.3 Å². The Labute approximate surface area is 88.0 Å². The Morgan fingerprint density at radius 2 is 2.14 bits per heavy atom. The largest absolute Gasteiger partial charge is 0.329 e. The number of hydrogen-bond donors (Lipinski definition) is 2. The van der Waals surface area contributed by atoms with Gasteiger partial charge in [0.1, 0.15) is 0 Å². The van der Waals surface area contributed by atoms with E-state index in [2.05, 4.69) is 24.1 Å². The lowest BCUT2D eigenvalue weighted by molar-refractivity contribution is 0.229. The van der Waals surface area contributed by atoms with Crippen molar-refractivity contribution in [3.8, 4) is 0 Å². The average molecular weight is 199 g/mol. The van der Waals surface area contributed by atoms with Crippen molar-refractivity contribution >= 4 is 0 Å². The molecule has 1 saturated heterocycles. The van der Waals surface area contributed by atoms with Crippen molar-refractivity contribution in [2.45, 2.75) is 45.2 Å². The number of likely N-dealkylation sites (tertiary alicyclic amines) is 1. The van der Waals surface area contributed by atoms with Crippen molar-refractivity contribution in [3.63, 3.8) is 0 Å². The van der Waals surface area contributed by atoms with Crippen molar-refractivity contribution < 1.29 is 0 Å². The summed E-state index contributed by atoms with van der Waals surface area (Å²) in [6, 6.07) is 1.39. The van der Waals surface area contributed by atoms with E-state index in [1.54, 1.807) is 0 Å². The summed E-state index contributed by atoms with van der Waals surface area (Å²) in [7, 11) is 0. The van der Waals surface area contributed by atoms with Crippen molar-refractivity contribution in [1.29, 1.82) is 0 Å². The summed E-state index contributed by atoms with van der Waals surface area (Å²) < 4.78 is 0. The van der Waals surface area contributed by atoms with Crippen LogP contribution in [0.15, 0.2) is 0 Å². The zero-order valence-electron chi connectivity index (χ0n) is 9.63. The molecule has 0 amide bonds. The van der Waals surface area contributed by atoms with E-state index in [1.807, 2.05) is 0 Å². The third kappa shape index (κ3) is 3.95. The zero-order valence-corrected chi connectivity index (χ0v) is 9.63. The molecule has 1 aliphatic rings. The lowest BCUT2D eigenvalue weighted by Gasteiger charge is -2.24. The van der Waals surface area contributed by atoms with Gasteiger partial charge in [-0.2, -0.15) is 0 Å². The summed E-state index contributed by atoms with van der Waals surface area (Å²) in [5, 5.41) is 3.52. The molecule has 0 aromatic heterocycles. The second-order valence-electron chi connectivity index (χ2n) is 4.50. The molecular formula is C11H25N3. The molecule has 1 fully saturated rings. The molecule has 0 aromatic rings. The van der Waals surface area contributed by atoms with Crippen LogP contribution in [0.2, 0.25) is 0 Å². The molecule has 1 unspecified atom stereocenters. The van der Waals surface area contributed by atoms with Gasteiger partial charge in [0.2, 0.25) is 0 Å². The maximum Gasteiger partial charge on any atom is 0.00802 e. The van der Waals surface area contributed by atoms with Crippen molar-refractivity contribution in [1.82, 2.24) is 10.2 Å². The Kier molecular flexibility index (Phi) is 5.45. The molecule has 84 valence electrons. The average Bonchev–Trinajstić information content (AvgIpc) is 2.39. The van der Waals surface area contributed by atoms with Gasteiger partial charge in [-0.3, -0.25) is 0 Å². The molecule has 3 heteroatoms. The van der Waals surface area contributed by atoms with Crippen molar-refractivity contribution in [3.05, 3.63) is 0 Å². The molecule has 14 heavy (non-hydrogen) atoms. The Morgan fingerprint density at radius 3 is 2.79 bits per heavy atom. The summed E-state index contributed by atoms with van der Waals surface area (Å²) in [4.78, 5) is 2.57. The van der Waals surface area contributed by atoms with Gasteiger partial charge in [0.05, 0.1) is 0 Å². The van der Waals surface area contributed by atoms with Gasteiger partial charge in [-0.25, -0.2) is 0 Å². The van der Waals surface area contributed by atoms with Gasteiger partial charge >= 0.3 is 0 Å². The lowest BCUT2D eigenvalue weighted by atomic mass is 10.1. The minimum atomic E-state index is 0.697. The van der Waals surface area contributed by atoms with E-state index >= 15 is 0 Å². The number of rotatable bonds is 4. The lowest BCUT2D eigenvalue weighted by Crippen LogP contribution is -2.35. The molecule has 1 aliphatic heterocycles. The number of hydrogen-bond acceptors (Lipinski definition) is 3. The highest BCUT2D eigenvalue weighted by atomic mass is 15.1. The molecule has 1 atom stereocenters. The monoisotopic (exact) mass is 199 g/mol. The predicted octanol–water partition coefficient (Wildman–Crippen LogP) is 0.798. The standard InChI is InChI=1S/C11H25N3/c1-10(2)14-8-3-4-11(5-9-14)13-7-6-12/h10-11,13H,3-9,12H2,1-2H3. The van der Waals surface area contributed by atoms with E-state index in [0.29, 0.717) is 12.1 Å². The quantitative estimate of drug-likeness (QED) is 0.703. The molecule has 1 rings (SSSR count). The van der Waals surface area contributed by atoms with Gasteiger partial charge in [-0.05, 0) is 46.2 Å². The van der Waals surface area contributed by atoms with Crippen LogP contribution in [0.1, 0.15) is 33.1 Å². The summed E-state index contributed by atoms with van der Waals surface area (Å²) in [5.41, 5.74) is 5.49. The predicted molar refractivity (Wildman–Crippen MR) is 61.4 cm³/mol. The third-order valence-corrected chi connectivity index (χ3v) is 3.07. The minimum absolute atomic E-state index is 0.697. The van der Waals surface area contributed by atoms with Crippen LogP contribution < -0.4 is 11.1 Å². The number of nitrogens with zero attached hydrogens (tertiary/aromatic N) is 1. The normalized spacial score (nSPS) is 25.3. The summed E-state index contributed by atoms with van der Waals surface area (Å²) in [6.07, 6.45) is 3.90. The van der Waals surface area contributed by atoms with Gasteiger partial charge in [0.15, 0.2) is 0 Å². The van der Waals surface area contributed by atoms with Crippen LogP contribution >= 0.6 is 0 Å². The van der Waals surface area contributed by atoms with E-state index in [0.717, 1.165) is 13.1 Å². The summed E-state index contributed by atoms with van der Waals surface area (Å²) in [5.74, 6) is 0. The van der Waals surface area contributed by atoms with Crippen molar-refractivity contribution in [2.24, 2.45) is 5.73 Å². The van der Waals surface area contributed by atoms with Gasteiger partial charge in [-0.1, -0.05) is 0 Å².